The molecule has 1 atom stereocenters. The predicted molar refractivity (Wildman–Crippen MR) is 74.4 cm³/mol. The largest absolute Gasteiger partial charge is 0.342 e. The van der Waals surface area contributed by atoms with Crippen LogP contribution in [0.5, 0.6) is 0 Å². The Labute approximate surface area is 119 Å². The molecule has 0 spiro atoms. The number of piperidine rings is 1. The molecule has 0 radical (unpaired) electrons. The standard InChI is InChI=1S/C15H23N3O2/c1-11(19)18-9-5-8-13(10-18)15-16-14(17-20-15)12-6-3-2-4-7-12/h12-13H,2-10H2,1H3. The van der Waals surface area contributed by atoms with Crippen molar-refractivity contribution in [2.24, 2.45) is 0 Å². The lowest BCUT2D eigenvalue weighted by atomic mass is 9.89. The third-order valence-electron chi connectivity index (χ3n) is 4.64. The second-order valence-electron chi connectivity index (χ2n) is 6.13. The molecule has 1 aromatic rings. The minimum atomic E-state index is 0.140. The van der Waals surface area contributed by atoms with Crippen LogP contribution in [0.3, 0.4) is 0 Å². The van der Waals surface area contributed by atoms with E-state index in [2.05, 4.69) is 10.1 Å². The molecule has 1 aromatic heterocycles. The Morgan fingerprint density at radius 3 is 2.65 bits per heavy atom. The van der Waals surface area contributed by atoms with E-state index in [1.807, 2.05) is 4.90 Å². The lowest BCUT2D eigenvalue weighted by molar-refractivity contribution is -0.130. The Morgan fingerprint density at radius 1 is 1.15 bits per heavy atom. The maximum absolute atomic E-state index is 11.5. The molecule has 1 saturated carbocycles. The molecule has 1 unspecified atom stereocenters. The molecule has 1 aliphatic carbocycles. The molecule has 2 aliphatic rings. The summed E-state index contributed by atoms with van der Waals surface area (Å²) in [6.45, 7) is 3.21. The monoisotopic (exact) mass is 277 g/mol. The lowest BCUT2D eigenvalue weighted by Crippen LogP contribution is -2.37. The van der Waals surface area contributed by atoms with Gasteiger partial charge in [0.05, 0.1) is 5.92 Å². The highest BCUT2D eigenvalue weighted by molar-refractivity contribution is 5.73. The van der Waals surface area contributed by atoms with E-state index in [4.69, 9.17) is 4.52 Å². The fourth-order valence-electron chi connectivity index (χ4n) is 3.40. The summed E-state index contributed by atoms with van der Waals surface area (Å²) in [7, 11) is 0. The van der Waals surface area contributed by atoms with Crippen LogP contribution in [-0.4, -0.2) is 34.0 Å². The van der Waals surface area contributed by atoms with Crippen LogP contribution in [0.4, 0.5) is 0 Å². The molecule has 5 nitrogen and oxygen atoms in total. The average molecular weight is 277 g/mol. The Balaban J connectivity index is 1.68. The molecular weight excluding hydrogens is 254 g/mol. The molecule has 2 fully saturated rings. The van der Waals surface area contributed by atoms with Crippen molar-refractivity contribution in [2.75, 3.05) is 13.1 Å². The summed E-state index contributed by atoms with van der Waals surface area (Å²) in [6.07, 6.45) is 8.30. The Morgan fingerprint density at radius 2 is 1.90 bits per heavy atom. The van der Waals surface area contributed by atoms with E-state index in [0.717, 1.165) is 37.6 Å². The number of hydrogen-bond acceptors (Lipinski definition) is 4. The van der Waals surface area contributed by atoms with E-state index in [9.17, 15) is 4.79 Å². The molecule has 5 heteroatoms. The number of carbonyl (C=O) groups is 1. The van der Waals surface area contributed by atoms with Gasteiger partial charge in [0.15, 0.2) is 5.82 Å². The molecule has 1 saturated heterocycles. The van der Waals surface area contributed by atoms with Gasteiger partial charge < -0.3 is 9.42 Å². The molecule has 1 aliphatic heterocycles. The molecule has 0 N–H and O–H groups in total. The molecule has 20 heavy (non-hydrogen) atoms. The predicted octanol–water partition coefficient (Wildman–Crippen LogP) is 2.84. The van der Waals surface area contributed by atoms with Crippen molar-refractivity contribution in [1.29, 1.82) is 0 Å². The summed E-state index contributed by atoms with van der Waals surface area (Å²) in [6, 6.07) is 0. The van der Waals surface area contributed by atoms with Crippen molar-refractivity contribution < 1.29 is 9.32 Å². The van der Waals surface area contributed by atoms with Gasteiger partial charge in [-0.3, -0.25) is 4.79 Å². The summed E-state index contributed by atoms with van der Waals surface area (Å²) >= 11 is 0. The summed E-state index contributed by atoms with van der Waals surface area (Å²) in [5, 5.41) is 4.20. The Bertz CT molecular complexity index is 465. The summed E-state index contributed by atoms with van der Waals surface area (Å²) in [4.78, 5) is 18.0. The van der Waals surface area contributed by atoms with E-state index in [0.29, 0.717) is 5.92 Å². The van der Waals surface area contributed by atoms with Crippen molar-refractivity contribution in [3.8, 4) is 0 Å². The first-order valence-corrected chi connectivity index (χ1v) is 7.83. The zero-order chi connectivity index (χ0) is 13.9. The van der Waals surface area contributed by atoms with E-state index >= 15 is 0 Å². The number of nitrogens with zero attached hydrogens (tertiary/aromatic N) is 3. The van der Waals surface area contributed by atoms with E-state index < -0.39 is 0 Å². The Kier molecular flexibility index (Phi) is 4.03. The highest BCUT2D eigenvalue weighted by atomic mass is 16.5. The van der Waals surface area contributed by atoms with Crippen molar-refractivity contribution in [1.82, 2.24) is 15.0 Å². The fourth-order valence-corrected chi connectivity index (χ4v) is 3.40. The van der Waals surface area contributed by atoms with Crippen molar-refractivity contribution >= 4 is 5.91 Å². The van der Waals surface area contributed by atoms with E-state index in [1.54, 1.807) is 6.92 Å². The first-order valence-electron chi connectivity index (χ1n) is 7.83. The van der Waals surface area contributed by atoms with Gasteiger partial charge in [-0.1, -0.05) is 24.4 Å². The number of rotatable bonds is 2. The normalized spacial score (nSPS) is 24.9. The number of likely N-dealkylation sites (tertiary alicyclic amines) is 1. The topological polar surface area (TPSA) is 59.2 Å². The van der Waals surface area contributed by atoms with Gasteiger partial charge in [0.25, 0.3) is 0 Å². The summed E-state index contributed by atoms with van der Waals surface area (Å²) < 4.78 is 5.49. The van der Waals surface area contributed by atoms with Crippen LogP contribution in [0.2, 0.25) is 0 Å². The van der Waals surface area contributed by atoms with Crippen LogP contribution in [0, 0.1) is 0 Å². The maximum Gasteiger partial charge on any atom is 0.231 e. The molecule has 0 bridgehead atoms. The van der Waals surface area contributed by atoms with Crippen LogP contribution < -0.4 is 0 Å². The highest BCUT2D eigenvalue weighted by Gasteiger charge is 2.28. The van der Waals surface area contributed by atoms with Crippen molar-refractivity contribution in [2.45, 2.75) is 63.7 Å². The van der Waals surface area contributed by atoms with E-state index in [-0.39, 0.29) is 11.8 Å². The third-order valence-corrected chi connectivity index (χ3v) is 4.64. The Hall–Kier alpha value is -1.39. The molecule has 2 heterocycles. The van der Waals surface area contributed by atoms with Crippen LogP contribution in [0.15, 0.2) is 4.52 Å². The second-order valence-corrected chi connectivity index (χ2v) is 6.13. The van der Waals surface area contributed by atoms with Gasteiger partial charge in [0, 0.05) is 25.9 Å². The van der Waals surface area contributed by atoms with Gasteiger partial charge in [-0.05, 0) is 25.7 Å². The van der Waals surface area contributed by atoms with Gasteiger partial charge in [-0.15, -0.1) is 0 Å². The second kappa shape index (κ2) is 5.94. The smallest absolute Gasteiger partial charge is 0.231 e. The number of hydrogen-bond donors (Lipinski definition) is 0. The van der Waals surface area contributed by atoms with Crippen LogP contribution in [0.1, 0.15) is 75.4 Å². The van der Waals surface area contributed by atoms with E-state index in [1.165, 1.54) is 32.1 Å². The highest BCUT2D eigenvalue weighted by Crippen LogP contribution is 2.32. The molecule has 0 aromatic carbocycles. The van der Waals surface area contributed by atoms with Gasteiger partial charge in [-0.2, -0.15) is 4.98 Å². The quantitative estimate of drug-likeness (QED) is 0.834. The fraction of sp³-hybridized carbons (Fsp3) is 0.800. The summed E-state index contributed by atoms with van der Waals surface area (Å²) in [5.74, 6) is 2.46. The zero-order valence-electron chi connectivity index (χ0n) is 12.2. The molecule has 110 valence electrons. The third kappa shape index (κ3) is 2.86. The van der Waals surface area contributed by atoms with Crippen molar-refractivity contribution in [3.63, 3.8) is 0 Å². The van der Waals surface area contributed by atoms with Crippen LogP contribution in [-0.2, 0) is 4.79 Å². The van der Waals surface area contributed by atoms with Gasteiger partial charge >= 0.3 is 0 Å². The van der Waals surface area contributed by atoms with Gasteiger partial charge in [0.2, 0.25) is 11.8 Å². The number of carbonyl (C=O) groups excluding carboxylic acids is 1. The first kappa shape index (κ1) is 13.6. The minimum absolute atomic E-state index is 0.140. The SMILES string of the molecule is CC(=O)N1CCCC(c2nc(C3CCCCC3)no2)C1. The van der Waals surface area contributed by atoms with Gasteiger partial charge in [-0.25, -0.2) is 0 Å². The zero-order valence-corrected chi connectivity index (χ0v) is 12.2. The maximum atomic E-state index is 11.5. The molecule has 3 rings (SSSR count). The van der Waals surface area contributed by atoms with Crippen LogP contribution in [0.25, 0.3) is 0 Å². The number of aromatic nitrogens is 2. The van der Waals surface area contributed by atoms with Crippen molar-refractivity contribution in [3.05, 3.63) is 11.7 Å². The average Bonchev–Trinajstić information content (AvgIpc) is 2.98. The molecular formula is C15H23N3O2. The van der Waals surface area contributed by atoms with Gasteiger partial charge in [0.1, 0.15) is 0 Å². The summed E-state index contributed by atoms with van der Waals surface area (Å²) in [5.41, 5.74) is 0. The van der Waals surface area contributed by atoms with Crippen LogP contribution >= 0.6 is 0 Å². The number of amides is 1. The minimum Gasteiger partial charge on any atom is -0.342 e. The first-order chi connectivity index (χ1) is 9.74. The molecule has 1 amide bonds. The lowest BCUT2D eigenvalue weighted by Gasteiger charge is -2.30.